The number of aromatic nitrogens is 1. The normalized spacial score (nSPS) is 10.4. The van der Waals surface area contributed by atoms with Crippen molar-refractivity contribution in [2.45, 2.75) is 10.8 Å². The van der Waals surface area contributed by atoms with Crippen LogP contribution in [0.2, 0.25) is 5.02 Å². The molecule has 104 valence electrons. The van der Waals surface area contributed by atoms with E-state index < -0.39 is 0 Å². The minimum Gasteiger partial charge on any atom is -0.344 e. The van der Waals surface area contributed by atoms with Crippen LogP contribution in [0.15, 0.2) is 22.5 Å². The van der Waals surface area contributed by atoms with Crippen molar-refractivity contribution in [1.82, 2.24) is 9.88 Å². The van der Waals surface area contributed by atoms with Crippen molar-refractivity contribution in [1.29, 1.82) is 5.26 Å². The molecule has 0 spiro atoms. The van der Waals surface area contributed by atoms with Crippen molar-refractivity contribution in [3.05, 3.63) is 23.2 Å². The van der Waals surface area contributed by atoms with Crippen LogP contribution in [-0.2, 0) is 4.79 Å². The lowest BCUT2D eigenvalue weighted by Gasteiger charge is -2.14. The maximum atomic E-state index is 11.8. The summed E-state index contributed by atoms with van der Waals surface area (Å²) in [6, 6.07) is 7.61. The highest BCUT2D eigenvalue weighted by atomic mass is 35.5. The first-order valence-corrected chi connectivity index (χ1v) is 8.08. The zero-order valence-corrected chi connectivity index (χ0v) is 13.2. The van der Waals surface area contributed by atoms with Gasteiger partial charge in [-0.2, -0.15) is 5.26 Å². The van der Waals surface area contributed by atoms with Gasteiger partial charge in [-0.25, -0.2) is 4.98 Å². The average Bonchev–Trinajstić information content (AvgIpc) is 2.83. The summed E-state index contributed by atoms with van der Waals surface area (Å²) in [5, 5.41) is 9.15. The molecule has 0 bridgehead atoms. The number of nitrogens with zero attached hydrogens (tertiary/aromatic N) is 3. The number of halogens is 1. The van der Waals surface area contributed by atoms with Gasteiger partial charge >= 0.3 is 0 Å². The number of amides is 1. The molecule has 20 heavy (non-hydrogen) atoms. The molecule has 2 rings (SSSR count). The van der Waals surface area contributed by atoms with Gasteiger partial charge in [0, 0.05) is 18.6 Å². The van der Waals surface area contributed by atoms with Crippen LogP contribution in [0.3, 0.4) is 0 Å². The molecule has 0 unspecified atom stereocenters. The van der Waals surface area contributed by atoms with Gasteiger partial charge in [0.05, 0.1) is 28.5 Å². The zero-order valence-electron chi connectivity index (χ0n) is 10.8. The van der Waals surface area contributed by atoms with Crippen LogP contribution in [0.1, 0.15) is 6.42 Å². The number of thiazole rings is 1. The summed E-state index contributed by atoms with van der Waals surface area (Å²) in [4.78, 5) is 17.9. The lowest BCUT2D eigenvalue weighted by Crippen LogP contribution is -2.29. The standard InChI is InChI=1S/C13H12ClN3OS2/c1-17(6-2-5-15)12(18)8-19-13-16-10-7-9(14)3-4-11(10)20-13/h3-4,7H,2,6,8H2,1H3. The van der Waals surface area contributed by atoms with Crippen molar-refractivity contribution in [2.24, 2.45) is 0 Å². The quantitative estimate of drug-likeness (QED) is 0.790. The second-order valence-electron chi connectivity index (χ2n) is 4.10. The Morgan fingerprint density at radius 1 is 1.60 bits per heavy atom. The molecular weight excluding hydrogens is 314 g/mol. The van der Waals surface area contributed by atoms with Crippen molar-refractivity contribution >= 4 is 50.8 Å². The fourth-order valence-electron chi connectivity index (χ4n) is 1.52. The smallest absolute Gasteiger partial charge is 0.232 e. The van der Waals surface area contributed by atoms with E-state index in [9.17, 15) is 4.79 Å². The number of nitriles is 1. The molecule has 0 aliphatic carbocycles. The number of hydrogen-bond acceptors (Lipinski definition) is 5. The highest BCUT2D eigenvalue weighted by molar-refractivity contribution is 8.01. The molecule has 1 amide bonds. The number of carbonyl (C=O) groups is 1. The highest BCUT2D eigenvalue weighted by Crippen LogP contribution is 2.30. The predicted octanol–water partition coefficient (Wildman–Crippen LogP) is 3.41. The summed E-state index contributed by atoms with van der Waals surface area (Å²) >= 11 is 8.88. The SMILES string of the molecule is CN(CCC#N)C(=O)CSc1nc2cc(Cl)ccc2s1. The molecular formula is C13H12ClN3OS2. The van der Waals surface area contributed by atoms with Crippen LogP contribution in [0.4, 0.5) is 0 Å². The lowest BCUT2D eigenvalue weighted by atomic mass is 10.3. The van der Waals surface area contributed by atoms with E-state index in [-0.39, 0.29) is 5.91 Å². The number of benzene rings is 1. The third-order valence-electron chi connectivity index (χ3n) is 2.63. The van der Waals surface area contributed by atoms with Crippen LogP contribution in [0.5, 0.6) is 0 Å². The Hall–Kier alpha value is -1.29. The zero-order chi connectivity index (χ0) is 14.5. The third-order valence-corrected chi connectivity index (χ3v) is 5.03. The van der Waals surface area contributed by atoms with Gasteiger partial charge in [-0.15, -0.1) is 11.3 Å². The number of hydrogen-bond donors (Lipinski definition) is 0. The monoisotopic (exact) mass is 325 g/mol. The molecule has 0 aliphatic rings. The van der Waals surface area contributed by atoms with Gasteiger partial charge in [0.2, 0.25) is 5.91 Å². The Morgan fingerprint density at radius 2 is 2.40 bits per heavy atom. The summed E-state index contributed by atoms with van der Waals surface area (Å²) in [6.07, 6.45) is 0.354. The van der Waals surface area contributed by atoms with Crippen molar-refractivity contribution < 1.29 is 4.79 Å². The maximum Gasteiger partial charge on any atom is 0.232 e. The molecule has 0 saturated carbocycles. The number of fused-ring (bicyclic) bond motifs is 1. The van der Waals surface area contributed by atoms with E-state index in [0.29, 0.717) is 23.7 Å². The average molecular weight is 326 g/mol. The molecule has 0 saturated heterocycles. The fraction of sp³-hybridized carbons (Fsp3) is 0.308. The molecule has 1 aromatic heterocycles. The predicted molar refractivity (Wildman–Crippen MR) is 83.2 cm³/mol. The summed E-state index contributed by atoms with van der Waals surface area (Å²) < 4.78 is 1.91. The van der Waals surface area contributed by atoms with Crippen molar-refractivity contribution in [2.75, 3.05) is 19.3 Å². The summed E-state index contributed by atoms with van der Waals surface area (Å²) in [5.41, 5.74) is 0.857. The molecule has 7 heteroatoms. The summed E-state index contributed by atoms with van der Waals surface area (Å²) in [7, 11) is 1.71. The topological polar surface area (TPSA) is 57.0 Å². The van der Waals surface area contributed by atoms with E-state index in [0.717, 1.165) is 14.6 Å². The van der Waals surface area contributed by atoms with Gasteiger partial charge in [-0.1, -0.05) is 23.4 Å². The minimum atomic E-state index is 0.00235. The summed E-state index contributed by atoms with van der Waals surface area (Å²) in [6.45, 7) is 0.464. The van der Waals surface area contributed by atoms with E-state index in [4.69, 9.17) is 16.9 Å². The van der Waals surface area contributed by atoms with E-state index in [2.05, 4.69) is 4.98 Å². The number of carbonyl (C=O) groups excluding carboxylic acids is 1. The molecule has 1 heterocycles. The van der Waals surface area contributed by atoms with Gasteiger partial charge in [0.25, 0.3) is 0 Å². The first-order valence-electron chi connectivity index (χ1n) is 5.90. The summed E-state index contributed by atoms with van der Waals surface area (Å²) in [5.74, 6) is 0.331. The Kier molecular flexibility index (Phi) is 5.24. The Labute approximate surface area is 130 Å². The van der Waals surface area contributed by atoms with Gasteiger partial charge in [0.1, 0.15) is 0 Å². The van der Waals surface area contributed by atoms with Crippen LogP contribution in [0, 0.1) is 11.3 Å². The second kappa shape index (κ2) is 6.93. The van der Waals surface area contributed by atoms with E-state index >= 15 is 0 Å². The number of rotatable bonds is 5. The lowest BCUT2D eigenvalue weighted by molar-refractivity contribution is -0.127. The van der Waals surface area contributed by atoms with E-state index in [1.54, 1.807) is 23.3 Å². The third kappa shape index (κ3) is 3.85. The highest BCUT2D eigenvalue weighted by Gasteiger charge is 2.11. The van der Waals surface area contributed by atoms with Crippen LogP contribution in [0.25, 0.3) is 10.2 Å². The Morgan fingerprint density at radius 3 is 3.15 bits per heavy atom. The van der Waals surface area contributed by atoms with Gasteiger partial charge in [0.15, 0.2) is 4.34 Å². The first kappa shape index (κ1) is 15.1. The van der Waals surface area contributed by atoms with E-state index in [1.165, 1.54) is 11.8 Å². The molecule has 0 fully saturated rings. The molecule has 4 nitrogen and oxygen atoms in total. The van der Waals surface area contributed by atoms with Crippen LogP contribution >= 0.6 is 34.7 Å². The molecule has 0 aliphatic heterocycles. The molecule has 2 aromatic rings. The fourth-order valence-corrected chi connectivity index (χ4v) is 3.67. The molecule has 0 N–H and O–H groups in total. The van der Waals surface area contributed by atoms with Crippen LogP contribution in [-0.4, -0.2) is 35.1 Å². The largest absolute Gasteiger partial charge is 0.344 e. The Balaban J connectivity index is 1.95. The van der Waals surface area contributed by atoms with Gasteiger partial charge in [-0.3, -0.25) is 4.79 Å². The maximum absolute atomic E-state index is 11.8. The number of thioether (sulfide) groups is 1. The van der Waals surface area contributed by atoms with Crippen LogP contribution < -0.4 is 0 Å². The van der Waals surface area contributed by atoms with Gasteiger partial charge < -0.3 is 4.90 Å². The second-order valence-corrected chi connectivity index (χ2v) is 6.79. The Bertz CT molecular complexity index is 665. The first-order chi connectivity index (χ1) is 9.60. The molecule has 0 radical (unpaired) electrons. The van der Waals surface area contributed by atoms with Crippen molar-refractivity contribution in [3.8, 4) is 6.07 Å². The van der Waals surface area contributed by atoms with Gasteiger partial charge in [-0.05, 0) is 18.2 Å². The minimum absolute atomic E-state index is 0.00235. The molecule has 0 atom stereocenters. The van der Waals surface area contributed by atoms with Crippen molar-refractivity contribution in [3.63, 3.8) is 0 Å². The van der Waals surface area contributed by atoms with E-state index in [1.807, 2.05) is 24.3 Å². The molecule has 1 aromatic carbocycles.